The van der Waals surface area contributed by atoms with E-state index in [9.17, 15) is 9.59 Å². The number of amides is 1. The first-order valence-electron chi connectivity index (χ1n) is 7.56. The number of esters is 1. The minimum absolute atomic E-state index is 0.383. The quantitative estimate of drug-likeness (QED) is 0.708. The van der Waals surface area contributed by atoms with Gasteiger partial charge in [0, 0.05) is 0 Å². The number of anilines is 1. The summed E-state index contributed by atoms with van der Waals surface area (Å²) in [5.41, 5.74) is 3.43. The molecule has 6 nitrogen and oxygen atoms in total. The maximum absolute atomic E-state index is 12.3. The second kappa shape index (κ2) is 7.31. The highest BCUT2D eigenvalue weighted by Crippen LogP contribution is 2.23. The summed E-state index contributed by atoms with van der Waals surface area (Å²) < 4.78 is 11.3. The van der Waals surface area contributed by atoms with Crippen LogP contribution in [0, 0.1) is 0 Å². The second-order valence-electron chi connectivity index (χ2n) is 5.27. The number of rotatable bonds is 5. The molecule has 1 amide bonds. The molecule has 1 heterocycles. The molecule has 7 heteroatoms. The summed E-state index contributed by atoms with van der Waals surface area (Å²) in [5.74, 6) is -0.459. The molecule has 1 atom stereocenters. The van der Waals surface area contributed by atoms with Gasteiger partial charge in [-0.1, -0.05) is 12.1 Å². The molecule has 0 aliphatic carbocycles. The lowest BCUT2D eigenvalue weighted by Gasteiger charge is -2.15. The molecule has 0 aliphatic rings. The molecule has 0 fully saturated rings. The number of carbonyl (C=O) groups excluding carboxylic acids is 2. The fourth-order valence-corrected chi connectivity index (χ4v) is 2.96. The van der Waals surface area contributed by atoms with E-state index in [4.69, 9.17) is 9.47 Å². The van der Waals surface area contributed by atoms with E-state index in [-0.39, 0.29) is 0 Å². The highest BCUT2D eigenvalue weighted by Gasteiger charge is 2.20. The molecule has 0 unspecified atom stereocenters. The molecule has 25 heavy (non-hydrogen) atoms. The number of para-hydroxylation sites is 2. The van der Waals surface area contributed by atoms with Crippen molar-refractivity contribution < 1.29 is 19.1 Å². The molecule has 1 N–H and O–H groups in total. The number of nitrogens with one attached hydrogen (secondary N) is 1. The van der Waals surface area contributed by atoms with Gasteiger partial charge in [-0.2, -0.15) is 0 Å². The number of thiazole rings is 1. The van der Waals surface area contributed by atoms with Gasteiger partial charge in [-0.25, -0.2) is 9.78 Å². The molecular formula is C18H16N2O4S. The van der Waals surface area contributed by atoms with Crippen molar-refractivity contribution in [3.63, 3.8) is 0 Å². The zero-order valence-electron chi connectivity index (χ0n) is 13.7. The summed E-state index contributed by atoms with van der Waals surface area (Å²) in [6.45, 7) is 1.52. The van der Waals surface area contributed by atoms with Gasteiger partial charge >= 0.3 is 5.97 Å². The van der Waals surface area contributed by atoms with E-state index < -0.39 is 18.0 Å². The number of hydrogen-bond donors (Lipinski definition) is 1. The topological polar surface area (TPSA) is 77.5 Å². The van der Waals surface area contributed by atoms with E-state index in [1.54, 1.807) is 48.0 Å². The molecule has 0 saturated carbocycles. The average Bonchev–Trinajstić information content (AvgIpc) is 3.09. The zero-order chi connectivity index (χ0) is 17.8. The summed E-state index contributed by atoms with van der Waals surface area (Å²) in [4.78, 5) is 28.7. The first-order chi connectivity index (χ1) is 12.1. The lowest BCUT2D eigenvalue weighted by atomic mass is 10.2. The highest BCUT2D eigenvalue weighted by molar-refractivity contribution is 7.16. The van der Waals surface area contributed by atoms with Crippen molar-refractivity contribution in [3.05, 3.63) is 53.5 Å². The van der Waals surface area contributed by atoms with Crippen LogP contribution >= 0.6 is 11.3 Å². The van der Waals surface area contributed by atoms with Crippen molar-refractivity contribution in [2.75, 3.05) is 12.4 Å². The Hall–Kier alpha value is -2.93. The molecule has 1 aromatic heterocycles. The monoisotopic (exact) mass is 356 g/mol. The van der Waals surface area contributed by atoms with Crippen molar-refractivity contribution in [1.82, 2.24) is 4.98 Å². The van der Waals surface area contributed by atoms with E-state index in [2.05, 4.69) is 10.3 Å². The summed E-state index contributed by atoms with van der Waals surface area (Å²) >= 11 is 1.44. The molecule has 0 saturated heterocycles. The molecule has 0 spiro atoms. The first-order valence-corrected chi connectivity index (χ1v) is 8.44. The Balaban J connectivity index is 1.67. The Morgan fingerprint density at radius 1 is 1.20 bits per heavy atom. The van der Waals surface area contributed by atoms with Gasteiger partial charge < -0.3 is 14.8 Å². The standard InChI is InChI=1S/C18H16N2O4S/c1-11(17(21)20-13-5-3-4-6-15(13)23-2)24-18(22)12-7-8-14-16(9-12)25-10-19-14/h3-11H,1-2H3,(H,20,21)/t11-/m1/s1. The number of carbonyl (C=O) groups is 2. The van der Waals surface area contributed by atoms with Gasteiger partial charge in [0.1, 0.15) is 5.75 Å². The van der Waals surface area contributed by atoms with Crippen LogP contribution in [0.1, 0.15) is 17.3 Å². The van der Waals surface area contributed by atoms with Crippen molar-refractivity contribution in [1.29, 1.82) is 0 Å². The van der Waals surface area contributed by atoms with Crippen LogP contribution in [0.5, 0.6) is 5.75 Å². The smallest absolute Gasteiger partial charge is 0.338 e. The third-order valence-electron chi connectivity index (χ3n) is 3.58. The molecular weight excluding hydrogens is 340 g/mol. The van der Waals surface area contributed by atoms with Gasteiger partial charge in [0.25, 0.3) is 5.91 Å². The fraction of sp³-hybridized carbons (Fsp3) is 0.167. The van der Waals surface area contributed by atoms with Crippen LogP contribution in [-0.4, -0.2) is 30.1 Å². The zero-order valence-corrected chi connectivity index (χ0v) is 14.5. The Kier molecular flexibility index (Phi) is 4.95. The van der Waals surface area contributed by atoms with Gasteiger partial charge in [-0.3, -0.25) is 4.79 Å². The third kappa shape index (κ3) is 3.77. The molecule has 0 bridgehead atoms. The Morgan fingerprint density at radius 2 is 2.00 bits per heavy atom. The molecule has 128 valence electrons. The molecule has 0 radical (unpaired) electrons. The first kappa shape index (κ1) is 16.9. The normalized spacial score (nSPS) is 11.8. The van der Waals surface area contributed by atoms with Crippen LogP contribution in [0.15, 0.2) is 48.0 Å². The summed E-state index contributed by atoms with van der Waals surface area (Å²) in [5, 5.41) is 2.69. The number of hydrogen-bond acceptors (Lipinski definition) is 6. The van der Waals surface area contributed by atoms with Gasteiger partial charge in [0.15, 0.2) is 6.10 Å². The van der Waals surface area contributed by atoms with E-state index in [0.717, 1.165) is 10.2 Å². The van der Waals surface area contributed by atoms with Gasteiger partial charge in [0.2, 0.25) is 0 Å². The van der Waals surface area contributed by atoms with Crippen molar-refractivity contribution in [3.8, 4) is 5.75 Å². The Labute approximate surface area is 148 Å². The molecule has 3 rings (SSSR count). The minimum atomic E-state index is -0.949. The summed E-state index contributed by atoms with van der Waals surface area (Å²) in [7, 11) is 1.52. The maximum atomic E-state index is 12.3. The van der Waals surface area contributed by atoms with Crippen LogP contribution in [0.2, 0.25) is 0 Å². The average molecular weight is 356 g/mol. The Morgan fingerprint density at radius 3 is 2.80 bits per heavy atom. The summed E-state index contributed by atoms with van der Waals surface area (Å²) in [6.07, 6.45) is -0.949. The number of nitrogens with zero attached hydrogens (tertiary/aromatic N) is 1. The highest BCUT2D eigenvalue weighted by atomic mass is 32.1. The van der Waals surface area contributed by atoms with Gasteiger partial charge in [-0.15, -0.1) is 11.3 Å². The van der Waals surface area contributed by atoms with Crippen LogP contribution in [0.25, 0.3) is 10.2 Å². The molecule has 2 aromatic carbocycles. The van der Waals surface area contributed by atoms with E-state index in [1.165, 1.54) is 25.4 Å². The van der Waals surface area contributed by atoms with Crippen LogP contribution in [-0.2, 0) is 9.53 Å². The van der Waals surface area contributed by atoms with Crippen molar-refractivity contribution >= 4 is 39.1 Å². The predicted octanol–water partition coefficient (Wildman–Crippen LogP) is 3.49. The van der Waals surface area contributed by atoms with E-state index >= 15 is 0 Å². The van der Waals surface area contributed by atoms with Crippen molar-refractivity contribution in [2.24, 2.45) is 0 Å². The van der Waals surface area contributed by atoms with Crippen LogP contribution < -0.4 is 10.1 Å². The lowest BCUT2D eigenvalue weighted by molar-refractivity contribution is -0.123. The van der Waals surface area contributed by atoms with Crippen LogP contribution in [0.4, 0.5) is 5.69 Å². The minimum Gasteiger partial charge on any atom is -0.495 e. The maximum Gasteiger partial charge on any atom is 0.338 e. The predicted molar refractivity (Wildman–Crippen MR) is 96.1 cm³/mol. The number of aromatic nitrogens is 1. The third-order valence-corrected chi connectivity index (χ3v) is 4.38. The van der Waals surface area contributed by atoms with Gasteiger partial charge in [0.05, 0.1) is 34.1 Å². The SMILES string of the molecule is COc1ccccc1NC(=O)[C@@H](C)OC(=O)c1ccc2ncsc2c1. The molecule has 3 aromatic rings. The van der Waals surface area contributed by atoms with E-state index in [0.29, 0.717) is 17.0 Å². The molecule has 0 aliphatic heterocycles. The van der Waals surface area contributed by atoms with Crippen molar-refractivity contribution in [2.45, 2.75) is 13.0 Å². The number of methoxy groups -OCH3 is 1. The summed E-state index contributed by atoms with van der Waals surface area (Å²) in [6, 6.07) is 12.1. The lowest BCUT2D eigenvalue weighted by Crippen LogP contribution is -2.30. The second-order valence-corrected chi connectivity index (χ2v) is 6.16. The number of fused-ring (bicyclic) bond motifs is 1. The largest absolute Gasteiger partial charge is 0.495 e. The Bertz CT molecular complexity index is 922. The van der Waals surface area contributed by atoms with Crippen LogP contribution in [0.3, 0.4) is 0 Å². The fourth-order valence-electron chi connectivity index (χ4n) is 2.25. The number of benzene rings is 2. The number of ether oxygens (including phenoxy) is 2. The van der Waals surface area contributed by atoms with Gasteiger partial charge in [-0.05, 0) is 37.3 Å². The van der Waals surface area contributed by atoms with E-state index in [1.807, 2.05) is 0 Å².